The highest BCUT2D eigenvalue weighted by atomic mass is 16.5. The minimum absolute atomic E-state index is 0.646. The first kappa shape index (κ1) is 15.7. The lowest BCUT2D eigenvalue weighted by Crippen LogP contribution is -2.38. The van der Waals surface area contributed by atoms with Crippen molar-refractivity contribution in [1.82, 2.24) is 10.6 Å². The molecule has 21 heavy (non-hydrogen) atoms. The lowest BCUT2D eigenvalue weighted by Gasteiger charge is -2.10. The van der Waals surface area contributed by atoms with Gasteiger partial charge in [-0.25, -0.2) is 0 Å². The molecular weight excluding hydrogens is 262 g/mol. The summed E-state index contributed by atoms with van der Waals surface area (Å²) in [5.41, 5.74) is 1.26. The molecule has 0 unspecified atom stereocenters. The van der Waals surface area contributed by atoms with Crippen LogP contribution in [-0.4, -0.2) is 31.7 Å². The molecule has 0 atom stereocenters. The molecule has 2 rings (SSSR count). The van der Waals surface area contributed by atoms with Crippen LogP contribution in [-0.2, 0) is 0 Å². The smallest absolute Gasteiger partial charge is 0.191 e. The Morgan fingerprint density at radius 3 is 2.67 bits per heavy atom. The molecule has 4 heteroatoms. The van der Waals surface area contributed by atoms with Gasteiger partial charge in [0, 0.05) is 19.1 Å². The molecule has 0 amide bonds. The number of guanidine groups is 1. The molecule has 0 bridgehead atoms. The van der Waals surface area contributed by atoms with E-state index in [4.69, 9.17) is 4.74 Å². The van der Waals surface area contributed by atoms with Crippen LogP contribution in [0.4, 0.5) is 0 Å². The van der Waals surface area contributed by atoms with E-state index < -0.39 is 0 Å². The SMILES string of the molecule is CCNC(=NCCCCOc1ccc(C)cc1)NC1CC1. The van der Waals surface area contributed by atoms with Gasteiger partial charge in [0.25, 0.3) is 0 Å². The summed E-state index contributed by atoms with van der Waals surface area (Å²) in [4.78, 5) is 4.59. The number of ether oxygens (including phenoxy) is 1. The Kier molecular flexibility index (Phi) is 6.38. The van der Waals surface area contributed by atoms with E-state index in [9.17, 15) is 0 Å². The topological polar surface area (TPSA) is 45.7 Å². The highest BCUT2D eigenvalue weighted by Gasteiger charge is 2.21. The van der Waals surface area contributed by atoms with Crippen LogP contribution in [0.25, 0.3) is 0 Å². The predicted molar refractivity (Wildman–Crippen MR) is 88.0 cm³/mol. The zero-order valence-electron chi connectivity index (χ0n) is 13.2. The second kappa shape index (κ2) is 8.55. The number of rotatable bonds is 8. The number of aliphatic imine (C=N–C) groups is 1. The summed E-state index contributed by atoms with van der Waals surface area (Å²) in [5.74, 6) is 1.91. The van der Waals surface area contributed by atoms with Gasteiger partial charge in [-0.2, -0.15) is 0 Å². The molecule has 1 aliphatic carbocycles. The van der Waals surface area contributed by atoms with E-state index in [1.807, 2.05) is 12.1 Å². The first-order chi connectivity index (χ1) is 10.3. The average Bonchev–Trinajstić information content (AvgIpc) is 3.28. The van der Waals surface area contributed by atoms with Crippen molar-refractivity contribution in [3.63, 3.8) is 0 Å². The van der Waals surface area contributed by atoms with Crippen molar-refractivity contribution in [2.45, 2.75) is 45.6 Å². The predicted octanol–water partition coefficient (Wildman–Crippen LogP) is 2.87. The molecule has 0 aromatic heterocycles. The number of nitrogens with zero attached hydrogens (tertiary/aromatic N) is 1. The molecule has 116 valence electrons. The molecule has 1 aromatic carbocycles. The Balaban J connectivity index is 1.58. The van der Waals surface area contributed by atoms with Gasteiger partial charge in [0.05, 0.1) is 6.61 Å². The van der Waals surface area contributed by atoms with Crippen LogP contribution in [0.15, 0.2) is 29.3 Å². The summed E-state index contributed by atoms with van der Waals surface area (Å²) >= 11 is 0. The molecule has 1 aromatic rings. The van der Waals surface area contributed by atoms with Gasteiger partial charge >= 0.3 is 0 Å². The van der Waals surface area contributed by atoms with Crippen molar-refractivity contribution in [2.75, 3.05) is 19.7 Å². The fourth-order valence-electron chi connectivity index (χ4n) is 1.97. The third-order valence-corrected chi connectivity index (χ3v) is 3.37. The molecular formula is C17H27N3O. The average molecular weight is 289 g/mol. The van der Waals surface area contributed by atoms with E-state index in [2.05, 4.69) is 41.6 Å². The summed E-state index contributed by atoms with van der Waals surface area (Å²) in [6.45, 7) is 6.69. The number of benzene rings is 1. The molecule has 4 nitrogen and oxygen atoms in total. The van der Waals surface area contributed by atoms with Gasteiger partial charge in [-0.15, -0.1) is 0 Å². The third-order valence-electron chi connectivity index (χ3n) is 3.37. The second-order valence-corrected chi connectivity index (χ2v) is 5.55. The molecule has 0 aliphatic heterocycles. The van der Waals surface area contributed by atoms with Crippen molar-refractivity contribution in [2.24, 2.45) is 4.99 Å². The van der Waals surface area contributed by atoms with Crippen LogP contribution in [0, 0.1) is 6.92 Å². The van der Waals surface area contributed by atoms with E-state index in [1.54, 1.807) is 0 Å². The van der Waals surface area contributed by atoms with E-state index >= 15 is 0 Å². The van der Waals surface area contributed by atoms with Crippen LogP contribution in [0.2, 0.25) is 0 Å². The van der Waals surface area contributed by atoms with E-state index in [-0.39, 0.29) is 0 Å². The van der Waals surface area contributed by atoms with E-state index in [1.165, 1.54) is 18.4 Å². The molecule has 1 aliphatic rings. The molecule has 1 fully saturated rings. The highest BCUT2D eigenvalue weighted by Crippen LogP contribution is 2.18. The van der Waals surface area contributed by atoms with Crippen molar-refractivity contribution in [1.29, 1.82) is 0 Å². The first-order valence-corrected chi connectivity index (χ1v) is 8.02. The largest absolute Gasteiger partial charge is 0.494 e. The van der Waals surface area contributed by atoms with Gasteiger partial charge in [0.1, 0.15) is 5.75 Å². The summed E-state index contributed by atoms with van der Waals surface area (Å²) < 4.78 is 5.71. The minimum atomic E-state index is 0.646. The van der Waals surface area contributed by atoms with Gasteiger partial charge in [-0.3, -0.25) is 4.99 Å². The van der Waals surface area contributed by atoms with E-state index in [0.717, 1.165) is 44.2 Å². The third kappa shape index (κ3) is 6.52. The maximum Gasteiger partial charge on any atom is 0.191 e. The van der Waals surface area contributed by atoms with Crippen molar-refractivity contribution in [3.05, 3.63) is 29.8 Å². The maximum atomic E-state index is 5.71. The zero-order valence-corrected chi connectivity index (χ0v) is 13.2. The van der Waals surface area contributed by atoms with Gasteiger partial charge < -0.3 is 15.4 Å². The monoisotopic (exact) mass is 289 g/mol. The Hall–Kier alpha value is -1.71. The van der Waals surface area contributed by atoms with Gasteiger partial charge in [-0.1, -0.05) is 17.7 Å². The van der Waals surface area contributed by atoms with Crippen LogP contribution in [0.1, 0.15) is 38.2 Å². The minimum Gasteiger partial charge on any atom is -0.494 e. The number of aryl methyl sites for hydroxylation is 1. The molecule has 0 saturated heterocycles. The second-order valence-electron chi connectivity index (χ2n) is 5.55. The Morgan fingerprint density at radius 2 is 2.00 bits per heavy atom. The maximum absolute atomic E-state index is 5.71. The quantitative estimate of drug-likeness (QED) is 0.439. The molecule has 0 spiro atoms. The zero-order chi connectivity index (χ0) is 14.9. The van der Waals surface area contributed by atoms with Crippen LogP contribution < -0.4 is 15.4 Å². The highest BCUT2D eigenvalue weighted by molar-refractivity contribution is 5.80. The summed E-state index contributed by atoms with van der Waals surface area (Å²) in [5, 5.41) is 6.71. The van der Waals surface area contributed by atoms with Gasteiger partial charge in [-0.05, 0) is 51.7 Å². The summed E-state index contributed by atoms with van der Waals surface area (Å²) in [6.07, 6.45) is 4.62. The fourth-order valence-corrected chi connectivity index (χ4v) is 1.97. The number of hydrogen-bond donors (Lipinski definition) is 2. The molecule has 0 radical (unpaired) electrons. The normalized spacial score (nSPS) is 14.9. The van der Waals surface area contributed by atoms with Crippen molar-refractivity contribution >= 4 is 5.96 Å². The van der Waals surface area contributed by atoms with Crippen molar-refractivity contribution in [3.8, 4) is 5.75 Å². The lowest BCUT2D eigenvalue weighted by atomic mass is 10.2. The number of unbranched alkanes of at least 4 members (excludes halogenated alkanes) is 1. The Labute approximate surface area is 128 Å². The Bertz CT molecular complexity index is 438. The van der Waals surface area contributed by atoms with Crippen LogP contribution >= 0.6 is 0 Å². The fraction of sp³-hybridized carbons (Fsp3) is 0.588. The number of nitrogens with one attached hydrogen (secondary N) is 2. The Morgan fingerprint density at radius 1 is 1.24 bits per heavy atom. The summed E-state index contributed by atoms with van der Waals surface area (Å²) in [7, 11) is 0. The van der Waals surface area contributed by atoms with Crippen LogP contribution in [0.5, 0.6) is 5.75 Å². The standard InChI is InChI=1S/C17H27N3O/c1-3-18-17(20-15-8-9-15)19-12-4-5-13-21-16-10-6-14(2)7-11-16/h6-7,10-11,15H,3-5,8-9,12-13H2,1-2H3,(H2,18,19,20). The summed E-state index contributed by atoms with van der Waals surface area (Å²) in [6, 6.07) is 8.84. The van der Waals surface area contributed by atoms with E-state index in [0.29, 0.717) is 6.04 Å². The number of hydrogen-bond acceptors (Lipinski definition) is 2. The van der Waals surface area contributed by atoms with Gasteiger partial charge in [0.15, 0.2) is 5.96 Å². The van der Waals surface area contributed by atoms with Crippen LogP contribution in [0.3, 0.4) is 0 Å². The molecule has 0 heterocycles. The molecule has 2 N–H and O–H groups in total. The lowest BCUT2D eigenvalue weighted by molar-refractivity contribution is 0.308. The first-order valence-electron chi connectivity index (χ1n) is 8.02. The van der Waals surface area contributed by atoms with Crippen molar-refractivity contribution < 1.29 is 4.74 Å². The molecule has 1 saturated carbocycles. The van der Waals surface area contributed by atoms with Gasteiger partial charge in [0.2, 0.25) is 0 Å².